The molecule has 164 valence electrons. The molecule has 0 bridgehead atoms. The molecule has 0 spiro atoms. The number of carbonyl (C=O) groups is 2. The van der Waals surface area contributed by atoms with Crippen molar-refractivity contribution in [1.82, 2.24) is 4.90 Å². The van der Waals surface area contributed by atoms with E-state index >= 15 is 0 Å². The smallest absolute Gasteiger partial charge is 0.294 e. The number of amides is 2. The van der Waals surface area contributed by atoms with Gasteiger partial charge in [0.1, 0.15) is 6.61 Å². The van der Waals surface area contributed by atoms with Crippen LogP contribution in [0.25, 0.3) is 6.08 Å². The number of benzene rings is 2. The molecular formula is C25H22INO4S. The van der Waals surface area contributed by atoms with Crippen molar-refractivity contribution in [3.05, 3.63) is 74.2 Å². The highest BCUT2D eigenvalue weighted by Crippen LogP contribution is 2.37. The van der Waals surface area contributed by atoms with Gasteiger partial charge in [0, 0.05) is 9.13 Å². The van der Waals surface area contributed by atoms with Gasteiger partial charge in [0.05, 0.1) is 18.1 Å². The highest BCUT2D eigenvalue weighted by Gasteiger charge is 2.34. The molecule has 32 heavy (non-hydrogen) atoms. The van der Waals surface area contributed by atoms with E-state index in [4.69, 9.17) is 15.9 Å². The summed E-state index contributed by atoms with van der Waals surface area (Å²) in [6.45, 7) is 6.55. The van der Waals surface area contributed by atoms with Crippen LogP contribution in [-0.4, -0.2) is 29.2 Å². The second-order valence-electron chi connectivity index (χ2n) is 6.82. The first-order valence-corrected chi connectivity index (χ1v) is 11.8. The number of imide groups is 1. The number of terminal acetylenes is 1. The fraction of sp³-hybridized carbons (Fsp3) is 0.200. The van der Waals surface area contributed by atoms with Crippen molar-refractivity contribution in [2.45, 2.75) is 20.0 Å². The summed E-state index contributed by atoms with van der Waals surface area (Å²) in [5.74, 6) is 3.17. The van der Waals surface area contributed by atoms with Crippen LogP contribution < -0.4 is 9.47 Å². The van der Waals surface area contributed by atoms with Crippen LogP contribution in [0.5, 0.6) is 11.5 Å². The largest absolute Gasteiger partial charge is 0.490 e. The SMILES string of the molecule is C#CCN1C(=O)S/C(=C/c2cc(CC=C)c(OCc3ccc(I)cc3)c(OCC)c2)C1=O. The van der Waals surface area contributed by atoms with Crippen LogP contribution >= 0.6 is 34.4 Å². The molecule has 0 atom stereocenters. The lowest BCUT2D eigenvalue weighted by Gasteiger charge is -2.17. The Balaban J connectivity index is 1.94. The Bertz CT molecular complexity index is 1100. The molecule has 0 aliphatic carbocycles. The fourth-order valence-corrected chi connectivity index (χ4v) is 4.31. The molecular weight excluding hydrogens is 537 g/mol. The van der Waals surface area contributed by atoms with Crippen molar-refractivity contribution in [1.29, 1.82) is 0 Å². The summed E-state index contributed by atoms with van der Waals surface area (Å²) in [6, 6.07) is 11.8. The first-order valence-electron chi connectivity index (χ1n) is 9.93. The van der Waals surface area contributed by atoms with E-state index in [1.54, 1.807) is 12.2 Å². The summed E-state index contributed by atoms with van der Waals surface area (Å²) in [7, 11) is 0. The van der Waals surface area contributed by atoms with Crippen LogP contribution in [0.4, 0.5) is 4.79 Å². The van der Waals surface area contributed by atoms with Gasteiger partial charge >= 0.3 is 0 Å². The molecule has 1 aliphatic rings. The molecule has 1 fully saturated rings. The van der Waals surface area contributed by atoms with E-state index in [1.165, 1.54) is 0 Å². The lowest BCUT2D eigenvalue weighted by molar-refractivity contribution is -0.122. The zero-order valence-corrected chi connectivity index (χ0v) is 20.6. The Hall–Kier alpha value is -2.70. The lowest BCUT2D eigenvalue weighted by atomic mass is 10.0. The number of hydrogen-bond donors (Lipinski definition) is 0. The van der Waals surface area contributed by atoms with Gasteiger partial charge in [-0.1, -0.05) is 24.1 Å². The summed E-state index contributed by atoms with van der Waals surface area (Å²) in [4.78, 5) is 26.0. The van der Waals surface area contributed by atoms with E-state index in [0.29, 0.717) is 36.0 Å². The summed E-state index contributed by atoms with van der Waals surface area (Å²) in [5, 5.41) is -0.368. The van der Waals surface area contributed by atoms with Crippen LogP contribution in [0, 0.1) is 15.9 Å². The van der Waals surface area contributed by atoms with Crippen molar-refractivity contribution < 1.29 is 19.1 Å². The molecule has 7 heteroatoms. The highest BCUT2D eigenvalue weighted by molar-refractivity contribution is 14.1. The number of ether oxygens (including phenoxy) is 2. The molecule has 0 N–H and O–H groups in total. The van der Waals surface area contributed by atoms with Crippen molar-refractivity contribution in [2.24, 2.45) is 0 Å². The Morgan fingerprint density at radius 3 is 2.62 bits per heavy atom. The quantitative estimate of drug-likeness (QED) is 0.172. The van der Waals surface area contributed by atoms with Gasteiger partial charge < -0.3 is 9.47 Å². The van der Waals surface area contributed by atoms with Crippen molar-refractivity contribution >= 4 is 51.6 Å². The first-order chi connectivity index (χ1) is 15.5. The Morgan fingerprint density at radius 1 is 1.22 bits per heavy atom. The number of hydrogen-bond acceptors (Lipinski definition) is 5. The van der Waals surface area contributed by atoms with E-state index < -0.39 is 0 Å². The number of allylic oxidation sites excluding steroid dienone is 1. The summed E-state index contributed by atoms with van der Waals surface area (Å²) in [5.41, 5.74) is 2.66. The number of halogens is 1. The summed E-state index contributed by atoms with van der Waals surface area (Å²) < 4.78 is 13.2. The van der Waals surface area contributed by atoms with E-state index in [1.807, 2.05) is 43.3 Å². The molecule has 5 nitrogen and oxygen atoms in total. The van der Waals surface area contributed by atoms with E-state index in [0.717, 1.165) is 36.9 Å². The molecule has 2 aromatic rings. The molecule has 0 radical (unpaired) electrons. The molecule has 3 rings (SSSR count). The minimum Gasteiger partial charge on any atom is -0.490 e. The van der Waals surface area contributed by atoms with Crippen molar-refractivity contribution in [3.63, 3.8) is 0 Å². The molecule has 1 aliphatic heterocycles. The Labute approximate surface area is 206 Å². The summed E-state index contributed by atoms with van der Waals surface area (Å²) in [6.07, 6.45) is 9.29. The van der Waals surface area contributed by atoms with Gasteiger partial charge in [0.2, 0.25) is 0 Å². The second-order valence-corrected chi connectivity index (χ2v) is 9.06. The van der Waals surface area contributed by atoms with Gasteiger partial charge in [-0.25, -0.2) is 0 Å². The Morgan fingerprint density at radius 2 is 1.97 bits per heavy atom. The minimum atomic E-state index is -0.389. The predicted octanol–water partition coefficient (Wildman–Crippen LogP) is 5.67. The maximum atomic E-state index is 12.5. The second kappa shape index (κ2) is 11.2. The number of thioether (sulfide) groups is 1. The van der Waals surface area contributed by atoms with E-state index in [-0.39, 0.29) is 17.7 Å². The van der Waals surface area contributed by atoms with E-state index in [9.17, 15) is 9.59 Å². The standard InChI is InChI=1S/C25H22INO4S/c1-4-7-19-13-18(15-22-24(28)27(12-5-2)25(29)32-22)14-21(30-6-3)23(19)31-16-17-8-10-20(26)11-9-17/h2,4,8-11,13-15H,1,6-7,12,16H2,3H3/b22-15+. The third-order valence-corrected chi connectivity index (χ3v) is 6.16. The van der Waals surface area contributed by atoms with Gasteiger partial charge in [-0.15, -0.1) is 13.0 Å². The molecule has 1 heterocycles. The van der Waals surface area contributed by atoms with Gasteiger partial charge in [-0.05, 0) is 89.2 Å². The monoisotopic (exact) mass is 559 g/mol. The molecule has 0 aromatic heterocycles. The minimum absolute atomic E-state index is 0.0424. The van der Waals surface area contributed by atoms with Crippen LogP contribution in [0.2, 0.25) is 0 Å². The molecule has 0 saturated carbocycles. The third-order valence-electron chi connectivity index (χ3n) is 4.54. The van der Waals surface area contributed by atoms with Gasteiger partial charge in [0.15, 0.2) is 11.5 Å². The Kier molecular flexibility index (Phi) is 8.42. The van der Waals surface area contributed by atoms with Crippen LogP contribution in [0.15, 0.2) is 54.0 Å². The molecule has 0 unspecified atom stereocenters. The number of nitrogens with zero attached hydrogens (tertiary/aromatic N) is 1. The fourth-order valence-electron chi connectivity index (χ4n) is 3.12. The van der Waals surface area contributed by atoms with Gasteiger partial charge in [-0.2, -0.15) is 0 Å². The topological polar surface area (TPSA) is 55.8 Å². The van der Waals surface area contributed by atoms with Crippen molar-refractivity contribution in [3.8, 4) is 23.8 Å². The van der Waals surface area contributed by atoms with Crippen LogP contribution in [0.1, 0.15) is 23.6 Å². The maximum absolute atomic E-state index is 12.5. The highest BCUT2D eigenvalue weighted by atomic mass is 127. The van der Waals surface area contributed by atoms with Crippen LogP contribution in [-0.2, 0) is 17.8 Å². The predicted molar refractivity (Wildman–Crippen MR) is 137 cm³/mol. The van der Waals surface area contributed by atoms with Crippen LogP contribution in [0.3, 0.4) is 0 Å². The van der Waals surface area contributed by atoms with Gasteiger partial charge in [-0.3, -0.25) is 14.5 Å². The summed E-state index contributed by atoms with van der Waals surface area (Å²) >= 11 is 3.14. The van der Waals surface area contributed by atoms with E-state index in [2.05, 4.69) is 35.1 Å². The zero-order chi connectivity index (χ0) is 23.1. The average molecular weight is 559 g/mol. The first kappa shape index (κ1) is 24.0. The molecule has 2 amide bonds. The number of carbonyl (C=O) groups excluding carboxylic acids is 2. The third kappa shape index (κ3) is 5.75. The molecule has 2 aromatic carbocycles. The average Bonchev–Trinajstić information content (AvgIpc) is 3.02. The molecule has 1 saturated heterocycles. The lowest BCUT2D eigenvalue weighted by Crippen LogP contribution is -2.28. The van der Waals surface area contributed by atoms with Gasteiger partial charge in [0.25, 0.3) is 11.1 Å². The maximum Gasteiger partial charge on any atom is 0.294 e. The normalized spacial score (nSPS) is 14.5. The number of rotatable bonds is 9. The zero-order valence-electron chi connectivity index (χ0n) is 17.6. The van der Waals surface area contributed by atoms with Crippen molar-refractivity contribution in [2.75, 3.05) is 13.2 Å².